The van der Waals surface area contributed by atoms with E-state index in [4.69, 9.17) is 4.74 Å². The molecule has 1 aliphatic heterocycles. The minimum atomic E-state index is -1.04. The van der Waals surface area contributed by atoms with Crippen LogP contribution in [-0.4, -0.2) is 54.9 Å². The minimum Gasteiger partial charge on any atom is -0.377 e. The Labute approximate surface area is 186 Å². The van der Waals surface area contributed by atoms with Crippen LogP contribution in [0.4, 0.5) is 9.66 Å². The van der Waals surface area contributed by atoms with Gasteiger partial charge in [-0.1, -0.05) is 30.8 Å². The van der Waals surface area contributed by atoms with Crippen molar-refractivity contribution in [1.29, 1.82) is 0 Å². The van der Waals surface area contributed by atoms with Crippen molar-refractivity contribution in [2.75, 3.05) is 25.1 Å². The van der Waals surface area contributed by atoms with E-state index in [-0.39, 0.29) is 22.9 Å². The number of halogens is 1. The average molecular weight is 455 g/mol. The summed E-state index contributed by atoms with van der Waals surface area (Å²) < 4.78 is 17.9. The number of carbonyl (C=O) groups is 2. The average Bonchev–Trinajstić information content (AvgIpc) is 3.17. The molecular formula is C21H31FN4O4S. The first-order valence-corrected chi connectivity index (χ1v) is 11.2. The van der Waals surface area contributed by atoms with Crippen molar-refractivity contribution >= 4 is 34.1 Å². The number of amides is 1. The smallest absolute Gasteiger partial charge is 0.377 e. The van der Waals surface area contributed by atoms with Crippen molar-refractivity contribution in [3.8, 4) is 0 Å². The van der Waals surface area contributed by atoms with Gasteiger partial charge in [-0.05, 0) is 40.0 Å². The predicted molar refractivity (Wildman–Crippen MR) is 119 cm³/mol. The van der Waals surface area contributed by atoms with Crippen molar-refractivity contribution < 1.29 is 23.8 Å². The fraction of sp³-hybridized carbons (Fsp3) is 0.619. The molecule has 1 fully saturated rings. The molecule has 0 saturated carbocycles. The fourth-order valence-corrected chi connectivity index (χ4v) is 4.41. The van der Waals surface area contributed by atoms with E-state index in [0.29, 0.717) is 36.0 Å². The van der Waals surface area contributed by atoms with Gasteiger partial charge in [0.2, 0.25) is 0 Å². The molecule has 10 heteroatoms. The summed E-state index contributed by atoms with van der Waals surface area (Å²) in [5.74, 6) is -1.26. The molecule has 8 nitrogen and oxygen atoms in total. The van der Waals surface area contributed by atoms with E-state index >= 15 is 0 Å². The van der Waals surface area contributed by atoms with Crippen LogP contribution in [-0.2, 0) is 14.5 Å². The summed E-state index contributed by atoms with van der Waals surface area (Å²) in [6, 6.07) is -0.184. The van der Waals surface area contributed by atoms with Crippen LogP contribution in [0.5, 0.6) is 0 Å². The van der Waals surface area contributed by atoms with Crippen LogP contribution in [0.2, 0.25) is 0 Å². The number of nitrogens with zero attached hydrogens (tertiary/aromatic N) is 3. The number of aromatic nitrogens is 1. The van der Waals surface area contributed by atoms with Gasteiger partial charge < -0.3 is 15.0 Å². The van der Waals surface area contributed by atoms with Gasteiger partial charge in [-0.15, -0.1) is 0 Å². The molecule has 1 saturated heterocycles. The summed E-state index contributed by atoms with van der Waals surface area (Å²) >= 11 is 1.08. The largest absolute Gasteiger partial charge is 0.391 e. The van der Waals surface area contributed by atoms with Crippen molar-refractivity contribution in [3.05, 3.63) is 21.8 Å². The highest BCUT2D eigenvalue weighted by molar-refractivity contribution is 7.17. The van der Waals surface area contributed by atoms with Crippen molar-refractivity contribution in [2.24, 2.45) is 4.99 Å². The summed E-state index contributed by atoms with van der Waals surface area (Å²) in [6.45, 7) is 10.6. The zero-order chi connectivity index (χ0) is 23.1. The molecule has 1 aromatic rings. The Morgan fingerprint density at radius 2 is 2.03 bits per heavy atom. The number of allylic oxidation sites excluding steroid dienone is 2. The molecule has 1 aliphatic rings. The zero-order valence-electron chi connectivity index (χ0n) is 19.0. The van der Waals surface area contributed by atoms with E-state index in [1.165, 1.54) is 5.57 Å². The normalized spacial score (nSPS) is 20.4. The molecule has 0 spiro atoms. The number of rotatable bonds is 8. The number of aliphatic imine (C=N–C) groups is 1. The number of anilines is 1. The number of hydrogen-bond acceptors (Lipinski definition) is 8. The van der Waals surface area contributed by atoms with Crippen molar-refractivity contribution in [1.82, 2.24) is 10.3 Å². The molecule has 0 bridgehead atoms. The first-order valence-electron chi connectivity index (χ1n) is 10.4. The predicted octanol–water partition coefficient (Wildman–Crippen LogP) is 3.76. The van der Waals surface area contributed by atoms with Gasteiger partial charge in [0.1, 0.15) is 10.6 Å². The standard InChI is InChI=1S/C21H31FN4O4S/c1-7-12(3)15(8-2)23-14(5)19(27)25-16-9-10-26(11-17(16)29-6)21-24-13(4)18(31-21)20(28)30-22/h16-17H,7-11H2,1-6H3,(H,25,27)/b15-12+,23-14?/t16?,17-/m0/s1. The monoisotopic (exact) mass is 454 g/mol. The maximum atomic E-state index is 12.7. The molecule has 172 valence electrons. The Morgan fingerprint density at radius 1 is 1.32 bits per heavy atom. The Morgan fingerprint density at radius 3 is 2.61 bits per heavy atom. The van der Waals surface area contributed by atoms with Crippen LogP contribution in [0.25, 0.3) is 0 Å². The van der Waals surface area contributed by atoms with E-state index < -0.39 is 5.97 Å². The summed E-state index contributed by atoms with van der Waals surface area (Å²) in [5.41, 5.74) is 2.95. The number of methoxy groups -OCH3 is 1. The summed E-state index contributed by atoms with van der Waals surface area (Å²) in [7, 11) is 1.59. The third kappa shape index (κ3) is 6.10. The SMILES string of the molecule is CC/C(C)=C(\CC)N=C(C)C(=O)NC1CCN(c2nc(C)c(C(=O)OF)s2)C[C@@H]1OC. The Kier molecular flexibility index (Phi) is 9.12. The molecule has 1 N–H and O–H groups in total. The second kappa shape index (κ2) is 11.3. The van der Waals surface area contributed by atoms with Gasteiger partial charge in [-0.3, -0.25) is 9.79 Å². The number of carbonyl (C=O) groups excluding carboxylic acids is 2. The molecule has 0 aromatic carbocycles. The lowest BCUT2D eigenvalue weighted by Gasteiger charge is -2.37. The van der Waals surface area contributed by atoms with Crippen LogP contribution in [0.3, 0.4) is 0 Å². The Balaban J connectivity index is 2.08. The van der Waals surface area contributed by atoms with E-state index in [9.17, 15) is 14.1 Å². The van der Waals surface area contributed by atoms with Gasteiger partial charge in [0, 0.05) is 30.4 Å². The van der Waals surface area contributed by atoms with Crippen LogP contribution in [0.1, 0.15) is 62.3 Å². The Bertz CT molecular complexity index is 868. The minimum absolute atomic E-state index is 0.135. The number of nitrogens with one attached hydrogen (secondary N) is 1. The highest BCUT2D eigenvalue weighted by Crippen LogP contribution is 2.29. The number of hydrogen-bond donors (Lipinski definition) is 1. The van der Waals surface area contributed by atoms with Gasteiger partial charge >= 0.3 is 5.97 Å². The highest BCUT2D eigenvalue weighted by atomic mass is 32.1. The maximum absolute atomic E-state index is 12.7. The molecule has 2 heterocycles. The third-order valence-electron chi connectivity index (χ3n) is 5.48. The second-order valence-electron chi connectivity index (χ2n) is 7.50. The molecule has 1 aromatic heterocycles. The van der Waals surface area contributed by atoms with Crippen molar-refractivity contribution in [3.63, 3.8) is 0 Å². The maximum Gasteiger partial charge on any atom is 0.391 e. The van der Waals surface area contributed by atoms with Crippen LogP contribution >= 0.6 is 11.3 Å². The topological polar surface area (TPSA) is 93.1 Å². The number of aryl methyl sites for hydroxylation is 1. The summed E-state index contributed by atoms with van der Waals surface area (Å²) in [6.07, 6.45) is 2.02. The third-order valence-corrected chi connectivity index (χ3v) is 6.68. The van der Waals surface area contributed by atoms with Gasteiger partial charge in [0.15, 0.2) is 5.13 Å². The quantitative estimate of drug-likeness (QED) is 0.601. The van der Waals surface area contributed by atoms with Gasteiger partial charge in [0.25, 0.3) is 5.91 Å². The van der Waals surface area contributed by atoms with Crippen LogP contribution < -0.4 is 10.2 Å². The molecule has 1 unspecified atom stereocenters. The van der Waals surface area contributed by atoms with Crippen LogP contribution in [0.15, 0.2) is 16.3 Å². The first-order chi connectivity index (χ1) is 14.7. The van der Waals surface area contributed by atoms with Gasteiger partial charge in [-0.2, -0.15) is 0 Å². The lowest BCUT2D eigenvalue weighted by Crippen LogP contribution is -2.55. The summed E-state index contributed by atoms with van der Waals surface area (Å²) in [5, 5.41) is 3.63. The van der Waals surface area contributed by atoms with E-state index in [1.54, 1.807) is 21.0 Å². The molecule has 0 radical (unpaired) electrons. The van der Waals surface area contributed by atoms with Crippen molar-refractivity contribution in [2.45, 2.75) is 66.0 Å². The second-order valence-corrected chi connectivity index (χ2v) is 8.47. The van der Waals surface area contributed by atoms with Gasteiger partial charge in [0.05, 0.1) is 17.8 Å². The molecule has 0 aliphatic carbocycles. The fourth-order valence-electron chi connectivity index (χ4n) is 3.44. The number of thiazole rings is 1. The molecule has 2 rings (SSSR count). The lowest BCUT2D eigenvalue weighted by atomic mass is 10.0. The lowest BCUT2D eigenvalue weighted by molar-refractivity contribution is -0.116. The zero-order valence-corrected chi connectivity index (χ0v) is 19.8. The molecule has 1 amide bonds. The molecular weight excluding hydrogens is 423 g/mol. The molecule has 31 heavy (non-hydrogen) atoms. The highest BCUT2D eigenvalue weighted by Gasteiger charge is 2.33. The summed E-state index contributed by atoms with van der Waals surface area (Å²) in [4.78, 5) is 38.5. The number of ether oxygens (including phenoxy) is 1. The first kappa shape index (κ1) is 24.9. The molecule has 2 atom stereocenters. The Hall–Kier alpha value is -2.33. The number of piperidine rings is 1. The van der Waals surface area contributed by atoms with E-state index in [1.807, 2.05) is 18.7 Å². The van der Waals surface area contributed by atoms with E-state index in [2.05, 4.69) is 27.2 Å². The van der Waals surface area contributed by atoms with Gasteiger partial charge in [-0.25, -0.2) is 14.7 Å². The van der Waals surface area contributed by atoms with E-state index in [0.717, 1.165) is 29.9 Å². The van der Waals surface area contributed by atoms with Crippen LogP contribution in [0, 0.1) is 6.92 Å².